The van der Waals surface area contributed by atoms with Crippen molar-refractivity contribution in [2.75, 3.05) is 101 Å². The molecule has 0 N–H and O–H groups in total. The summed E-state index contributed by atoms with van der Waals surface area (Å²) in [6, 6.07) is 0. The van der Waals surface area contributed by atoms with E-state index in [2.05, 4.69) is 94.4 Å². The van der Waals surface area contributed by atoms with Crippen LogP contribution in [0.5, 0.6) is 0 Å². The second kappa shape index (κ2) is 20.5. The summed E-state index contributed by atoms with van der Waals surface area (Å²) in [7, 11) is 11.3. The molecule has 0 radical (unpaired) electrons. The number of nitrogens with zero attached hydrogens (tertiary/aromatic N) is 5. The predicted octanol–water partition coefficient (Wildman–Crippen LogP) is 11.8. The van der Waals surface area contributed by atoms with Gasteiger partial charge in [-0.1, -0.05) is 86.0 Å². The van der Waals surface area contributed by atoms with Crippen LogP contribution in [0.25, 0.3) is 0 Å². The van der Waals surface area contributed by atoms with Crippen molar-refractivity contribution in [3.63, 3.8) is 0 Å². The number of hydrogen-bond donors (Lipinski definition) is 0. The molecule has 5 nitrogen and oxygen atoms in total. The highest BCUT2D eigenvalue weighted by molar-refractivity contribution is 4.99. The van der Waals surface area contributed by atoms with Gasteiger partial charge in [-0.25, -0.2) is 0 Å². The average molecular weight is 808 g/mol. The van der Waals surface area contributed by atoms with E-state index in [4.69, 9.17) is 0 Å². The van der Waals surface area contributed by atoms with Gasteiger partial charge in [0, 0.05) is 32.7 Å². The average Bonchev–Trinajstić information content (AvgIpc) is 3.87. The summed E-state index contributed by atoms with van der Waals surface area (Å²) in [5.41, 5.74) is 3.88. The van der Waals surface area contributed by atoms with Gasteiger partial charge < -0.3 is 24.5 Å². The van der Waals surface area contributed by atoms with Crippen LogP contribution in [0.15, 0.2) is 0 Å². The molecule has 0 aromatic heterocycles. The Balaban J connectivity index is 0.000000122. The highest BCUT2D eigenvalue weighted by Gasteiger charge is 2.46. The van der Waals surface area contributed by atoms with Crippen LogP contribution in [0.1, 0.15) is 182 Å². The molecular formula is C53H101N5. The van der Waals surface area contributed by atoms with Gasteiger partial charge in [0.25, 0.3) is 0 Å². The van der Waals surface area contributed by atoms with Gasteiger partial charge in [-0.2, -0.15) is 0 Å². The molecule has 10 aliphatic rings. The minimum Gasteiger partial charge on any atom is -0.306 e. The number of likely N-dealkylation sites (tertiary alicyclic amines) is 5. The van der Waals surface area contributed by atoms with Gasteiger partial charge in [-0.05, 0) is 221 Å². The van der Waals surface area contributed by atoms with Gasteiger partial charge in [0.1, 0.15) is 0 Å². The molecule has 10 rings (SSSR count). The molecule has 5 heterocycles. The molecular weight excluding hydrogens is 707 g/mol. The second-order valence-electron chi connectivity index (χ2n) is 25.2. The number of rotatable bonds is 0. The summed E-state index contributed by atoms with van der Waals surface area (Å²) in [6.45, 7) is 25.6. The van der Waals surface area contributed by atoms with Crippen molar-refractivity contribution >= 4 is 0 Å². The molecule has 5 heteroatoms. The smallest absolute Gasteiger partial charge is 0.00475 e. The molecule has 5 aliphatic carbocycles. The monoisotopic (exact) mass is 808 g/mol. The zero-order valence-electron chi connectivity index (χ0n) is 41.0. The lowest BCUT2D eigenvalue weighted by molar-refractivity contribution is -0.0192. The Morgan fingerprint density at radius 1 is 0.259 bits per heavy atom. The van der Waals surface area contributed by atoms with Crippen LogP contribution >= 0.6 is 0 Å². The van der Waals surface area contributed by atoms with Crippen molar-refractivity contribution in [1.82, 2.24) is 24.5 Å². The molecule has 0 unspecified atom stereocenters. The van der Waals surface area contributed by atoms with Crippen LogP contribution in [0.4, 0.5) is 0 Å². The van der Waals surface area contributed by atoms with Gasteiger partial charge >= 0.3 is 0 Å². The van der Waals surface area contributed by atoms with Crippen molar-refractivity contribution in [2.45, 2.75) is 182 Å². The molecule has 58 heavy (non-hydrogen) atoms. The van der Waals surface area contributed by atoms with Crippen LogP contribution in [0, 0.1) is 56.7 Å². The van der Waals surface area contributed by atoms with Crippen molar-refractivity contribution in [3.05, 3.63) is 0 Å². The largest absolute Gasteiger partial charge is 0.306 e. The van der Waals surface area contributed by atoms with E-state index in [-0.39, 0.29) is 0 Å². The van der Waals surface area contributed by atoms with Crippen molar-refractivity contribution in [1.29, 1.82) is 0 Å². The Kier molecular flexibility index (Phi) is 16.7. The Morgan fingerprint density at radius 3 is 0.897 bits per heavy atom. The summed E-state index contributed by atoms with van der Waals surface area (Å²) in [5.74, 6) is 5.03. The van der Waals surface area contributed by atoms with E-state index >= 15 is 0 Å². The number of hydrogen-bond acceptors (Lipinski definition) is 5. The van der Waals surface area contributed by atoms with E-state index in [1.807, 2.05) is 0 Å². The Labute approximate surface area is 362 Å². The molecule has 5 saturated heterocycles. The fourth-order valence-electron chi connectivity index (χ4n) is 14.6. The van der Waals surface area contributed by atoms with Crippen LogP contribution in [-0.2, 0) is 0 Å². The topological polar surface area (TPSA) is 16.2 Å². The third-order valence-corrected chi connectivity index (χ3v) is 19.0. The Bertz CT molecular complexity index is 1110. The lowest BCUT2D eigenvalue weighted by Gasteiger charge is -2.52. The third kappa shape index (κ3) is 13.2. The van der Waals surface area contributed by atoms with Gasteiger partial charge in [-0.3, -0.25) is 0 Å². The zero-order valence-corrected chi connectivity index (χ0v) is 41.0. The fourth-order valence-corrected chi connectivity index (χ4v) is 14.6. The van der Waals surface area contributed by atoms with E-state index in [0.717, 1.165) is 56.7 Å². The summed E-state index contributed by atoms with van der Waals surface area (Å²) in [4.78, 5) is 12.4. The second-order valence-corrected chi connectivity index (χ2v) is 25.2. The minimum absolute atomic E-state index is 0.751. The summed E-state index contributed by atoms with van der Waals surface area (Å²) in [5, 5.41) is 0. The zero-order chi connectivity index (χ0) is 41.6. The van der Waals surface area contributed by atoms with Crippen LogP contribution in [0.2, 0.25) is 0 Å². The quantitative estimate of drug-likeness (QED) is 0.242. The first-order valence-electron chi connectivity index (χ1n) is 25.9. The first-order valence-corrected chi connectivity index (χ1v) is 25.9. The number of piperidine rings is 2. The molecule has 2 atom stereocenters. The molecule has 5 saturated carbocycles. The van der Waals surface area contributed by atoms with E-state index in [1.54, 1.807) is 0 Å². The molecule has 5 aliphatic heterocycles. The lowest BCUT2D eigenvalue weighted by atomic mass is 9.66. The van der Waals surface area contributed by atoms with Gasteiger partial charge in [0.2, 0.25) is 0 Å². The highest BCUT2D eigenvalue weighted by atomic mass is 15.2. The van der Waals surface area contributed by atoms with E-state index < -0.39 is 0 Å². The SMILES string of the molecule is CC1CCC2(CC1)CCN(C)C2.CC1CCC2(CC1)CCN(C)CC2.CC1CCC2(CC1)CN(C)C2.C[C@@H]1CCC2(CCN(C)CC2)C1.C[C@H]1CCC2(C1)CN(C)C2. The predicted molar refractivity (Wildman–Crippen MR) is 252 cm³/mol. The summed E-state index contributed by atoms with van der Waals surface area (Å²) in [6.07, 6.45) is 34.3. The van der Waals surface area contributed by atoms with E-state index in [0.29, 0.717) is 0 Å². The third-order valence-electron chi connectivity index (χ3n) is 19.0. The molecule has 0 aromatic carbocycles. The Hall–Kier alpha value is -0.200. The van der Waals surface area contributed by atoms with Gasteiger partial charge in [0.05, 0.1) is 0 Å². The van der Waals surface area contributed by atoms with Crippen LogP contribution in [-0.4, -0.2) is 125 Å². The molecule has 0 amide bonds. The lowest BCUT2D eigenvalue weighted by Crippen LogP contribution is -2.55. The van der Waals surface area contributed by atoms with Gasteiger partial charge in [-0.15, -0.1) is 0 Å². The molecule has 5 spiro atoms. The maximum Gasteiger partial charge on any atom is 0.00475 e. The standard InChI is InChI=1S/C12H23N.2C11H21N.C10H19N.C9H17N/c1-11-3-5-12(6-4-11)7-9-13(2)10-8-12;1-10-3-5-11(6-4-10)7-8-12(2)9-11;1-10-3-4-11(9-10)5-7-12(2)8-6-11;1-9-3-5-10(6-4-9)7-11(2)8-10;1-8-3-4-9(5-8)6-10(2)7-9/h11H,3-10H2,1-2H3;2*10H,3-9H2,1-2H3;9H,3-8H2,1-2H3;8H,3-7H2,1-2H3/t;;10-;;8-/m..1.0/s1. The maximum absolute atomic E-state index is 2.51. The Morgan fingerprint density at radius 2 is 0.534 bits per heavy atom. The van der Waals surface area contributed by atoms with Crippen LogP contribution < -0.4 is 0 Å². The molecule has 10 fully saturated rings. The molecule has 0 bridgehead atoms. The molecule has 338 valence electrons. The minimum atomic E-state index is 0.751. The van der Waals surface area contributed by atoms with Crippen LogP contribution in [0.3, 0.4) is 0 Å². The summed E-state index contributed by atoms with van der Waals surface area (Å²) >= 11 is 0. The highest BCUT2D eigenvalue weighted by Crippen LogP contribution is 2.50. The van der Waals surface area contributed by atoms with Gasteiger partial charge in [0.15, 0.2) is 0 Å². The van der Waals surface area contributed by atoms with Crippen molar-refractivity contribution < 1.29 is 0 Å². The van der Waals surface area contributed by atoms with Crippen molar-refractivity contribution in [2.24, 2.45) is 56.7 Å². The first-order chi connectivity index (χ1) is 27.5. The van der Waals surface area contributed by atoms with E-state index in [9.17, 15) is 0 Å². The van der Waals surface area contributed by atoms with E-state index in [1.165, 1.54) is 213 Å². The fraction of sp³-hybridized carbons (Fsp3) is 1.00. The normalized spacial score (nSPS) is 35.5. The summed E-state index contributed by atoms with van der Waals surface area (Å²) < 4.78 is 0. The van der Waals surface area contributed by atoms with Crippen molar-refractivity contribution in [3.8, 4) is 0 Å². The maximum atomic E-state index is 2.51. The molecule has 0 aromatic rings. The first kappa shape index (κ1) is 47.3.